The molecule has 7 heteroatoms. The molecule has 0 aliphatic carbocycles. The summed E-state index contributed by atoms with van der Waals surface area (Å²) in [6.07, 6.45) is 1.57. The van der Waals surface area contributed by atoms with E-state index in [2.05, 4.69) is 5.32 Å². The first-order valence-electron chi connectivity index (χ1n) is 8.02. The smallest absolute Gasteiger partial charge is 0.410 e. The van der Waals surface area contributed by atoms with Gasteiger partial charge in [0.1, 0.15) is 5.60 Å². The SMILES string of the molecule is CC(C)(C)OC(=O)N1CCCC(CNc2ccc(Cl)c(Cl)c2F)C1. The van der Waals surface area contributed by atoms with Gasteiger partial charge in [0.2, 0.25) is 0 Å². The fourth-order valence-electron chi connectivity index (χ4n) is 2.64. The van der Waals surface area contributed by atoms with Crippen LogP contribution in [-0.4, -0.2) is 36.2 Å². The van der Waals surface area contributed by atoms with Crippen molar-refractivity contribution in [1.82, 2.24) is 4.90 Å². The van der Waals surface area contributed by atoms with E-state index in [-0.39, 0.29) is 22.1 Å². The molecule has 1 aromatic rings. The van der Waals surface area contributed by atoms with Crippen molar-refractivity contribution in [2.75, 3.05) is 25.0 Å². The van der Waals surface area contributed by atoms with E-state index in [9.17, 15) is 9.18 Å². The predicted octanol–water partition coefficient (Wildman–Crippen LogP) is 5.19. The highest BCUT2D eigenvalue weighted by Gasteiger charge is 2.27. The molecule has 4 nitrogen and oxygen atoms in total. The zero-order valence-electron chi connectivity index (χ0n) is 14.2. The second kappa shape index (κ2) is 7.79. The molecule has 0 saturated carbocycles. The summed E-state index contributed by atoms with van der Waals surface area (Å²) in [5.74, 6) is -0.330. The van der Waals surface area contributed by atoms with Gasteiger partial charge in [-0.25, -0.2) is 9.18 Å². The van der Waals surface area contributed by atoms with Crippen LogP contribution in [0.3, 0.4) is 0 Å². The molecule has 134 valence electrons. The van der Waals surface area contributed by atoms with E-state index >= 15 is 0 Å². The summed E-state index contributed by atoms with van der Waals surface area (Å²) >= 11 is 11.6. The van der Waals surface area contributed by atoms with Crippen LogP contribution in [-0.2, 0) is 4.74 Å². The lowest BCUT2D eigenvalue weighted by Crippen LogP contribution is -2.44. The van der Waals surface area contributed by atoms with E-state index in [0.29, 0.717) is 25.3 Å². The Morgan fingerprint density at radius 3 is 2.79 bits per heavy atom. The highest BCUT2D eigenvalue weighted by Crippen LogP contribution is 2.30. The molecule has 1 aliphatic heterocycles. The van der Waals surface area contributed by atoms with Crippen LogP contribution >= 0.6 is 23.2 Å². The lowest BCUT2D eigenvalue weighted by atomic mass is 9.98. The van der Waals surface area contributed by atoms with E-state index in [1.807, 2.05) is 20.8 Å². The van der Waals surface area contributed by atoms with Crippen LogP contribution < -0.4 is 5.32 Å². The molecule has 0 spiro atoms. The first-order valence-corrected chi connectivity index (χ1v) is 8.78. The number of carbonyl (C=O) groups is 1. The van der Waals surface area contributed by atoms with E-state index in [1.165, 1.54) is 0 Å². The molecule has 1 fully saturated rings. The van der Waals surface area contributed by atoms with Crippen LogP contribution in [0.2, 0.25) is 10.0 Å². The minimum Gasteiger partial charge on any atom is -0.444 e. The number of nitrogens with one attached hydrogen (secondary N) is 1. The number of nitrogens with zero attached hydrogens (tertiary/aromatic N) is 1. The highest BCUT2D eigenvalue weighted by atomic mass is 35.5. The summed E-state index contributed by atoms with van der Waals surface area (Å²) in [6.45, 7) is 7.37. The van der Waals surface area contributed by atoms with Crippen molar-refractivity contribution in [2.45, 2.75) is 39.2 Å². The topological polar surface area (TPSA) is 41.6 Å². The molecule has 0 bridgehead atoms. The van der Waals surface area contributed by atoms with Crippen molar-refractivity contribution in [1.29, 1.82) is 0 Å². The van der Waals surface area contributed by atoms with Gasteiger partial charge in [-0.1, -0.05) is 23.2 Å². The average molecular weight is 377 g/mol. The van der Waals surface area contributed by atoms with E-state index < -0.39 is 11.4 Å². The first-order chi connectivity index (χ1) is 11.2. The van der Waals surface area contributed by atoms with Crippen LogP contribution in [0, 0.1) is 11.7 Å². The summed E-state index contributed by atoms with van der Waals surface area (Å²) in [5.41, 5.74) is -0.190. The maximum absolute atomic E-state index is 14.0. The number of benzene rings is 1. The van der Waals surface area contributed by atoms with E-state index in [0.717, 1.165) is 12.8 Å². The number of amides is 1. The molecule has 1 heterocycles. The molecule has 2 rings (SSSR count). The lowest BCUT2D eigenvalue weighted by molar-refractivity contribution is 0.0172. The number of rotatable bonds is 3. The zero-order valence-corrected chi connectivity index (χ0v) is 15.7. The van der Waals surface area contributed by atoms with Crippen LogP contribution in [0.5, 0.6) is 0 Å². The van der Waals surface area contributed by atoms with Crippen molar-refractivity contribution < 1.29 is 13.9 Å². The minimum atomic E-state index is -0.552. The second-order valence-electron chi connectivity index (χ2n) is 7.04. The molecular formula is C17H23Cl2FN2O2. The number of carbonyl (C=O) groups excluding carboxylic acids is 1. The van der Waals surface area contributed by atoms with Gasteiger partial charge in [0, 0.05) is 19.6 Å². The number of likely N-dealkylation sites (tertiary alicyclic amines) is 1. The van der Waals surface area contributed by atoms with E-state index in [1.54, 1.807) is 17.0 Å². The number of piperidine rings is 1. The van der Waals surface area contributed by atoms with Gasteiger partial charge >= 0.3 is 6.09 Å². The summed E-state index contributed by atoms with van der Waals surface area (Å²) in [5, 5.41) is 3.17. The lowest BCUT2D eigenvalue weighted by Gasteiger charge is -2.34. The predicted molar refractivity (Wildman–Crippen MR) is 95.4 cm³/mol. The van der Waals surface area contributed by atoms with Gasteiger partial charge in [0.05, 0.1) is 15.7 Å². The number of anilines is 1. The number of hydrogen-bond donors (Lipinski definition) is 1. The van der Waals surface area contributed by atoms with Crippen molar-refractivity contribution >= 4 is 35.0 Å². The third-order valence-electron chi connectivity index (χ3n) is 3.79. The average Bonchev–Trinajstić information content (AvgIpc) is 2.51. The van der Waals surface area contributed by atoms with E-state index in [4.69, 9.17) is 27.9 Å². The summed E-state index contributed by atoms with van der Waals surface area (Å²) in [7, 11) is 0. The number of hydrogen-bond acceptors (Lipinski definition) is 3. The van der Waals surface area contributed by atoms with Gasteiger partial charge in [-0.05, 0) is 51.7 Å². The Morgan fingerprint density at radius 2 is 2.12 bits per heavy atom. The summed E-state index contributed by atoms with van der Waals surface area (Å²) < 4.78 is 19.5. The third-order valence-corrected chi connectivity index (χ3v) is 4.57. The van der Waals surface area contributed by atoms with Crippen LogP contribution in [0.15, 0.2) is 12.1 Å². The third kappa shape index (κ3) is 5.15. The summed E-state index contributed by atoms with van der Waals surface area (Å²) in [4.78, 5) is 13.9. The molecule has 1 N–H and O–H groups in total. The van der Waals surface area contributed by atoms with Crippen molar-refractivity contribution in [3.05, 3.63) is 28.0 Å². The summed E-state index contributed by atoms with van der Waals surface area (Å²) in [6, 6.07) is 3.13. The molecule has 0 aromatic heterocycles. The zero-order chi connectivity index (χ0) is 17.9. The Bertz CT molecular complexity index is 605. The second-order valence-corrected chi connectivity index (χ2v) is 7.82. The van der Waals surface area contributed by atoms with Crippen molar-refractivity contribution in [3.8, 4) is 0 Å². The minimum absolute atomic E-state index is 0.0827. The largest absolute Gasteiger partial charge is 0.444 e. The molecule has 0 radical (unpaired) electrons. The maximum atomic E-state index is 14.0. The van der Waals surface area contributed by atoms with Crippen LogP contribution in [0.1, 0.15) is 33.6 Å². The maximum Gasteiger partial charge on any atom is 0.410 e. The Morgan fingerprint density at radius 1 is 1.42 bits per heavy atom. The van der Waals surface area contributed by atoms with Crippen molar-refractivity contribution in [2.24, 2.45) is 5.92 Å². The standard InChI is InChI=1S/C17H23Cl2FN2O2/c1-17(2,3)24-16(23)22-8-4-5-11(10-22)9-21-13-7-6-12(18)14(19)15(13)20/h6-7,11,21H,4-5,8-10H2,1-3H3. The fraction of sp³-hybridized carbons (Fsp3) is 0.588. The highest BCUT2D eigenvalue weighted by molar-refractivity contribution is 6.42. The number of halogens is 3. The Balaban J connectivity index is 1.92. The van der Waals surface area contributed by atoms with Gasteiger partial charge in [-0.15, -0.1) is 0 Å². The Labute approximate surface area is 152 Å². The quantitative estimate of drug-likeness (QED) is 0.737. The molecule has 1 saturated heterocycles. The number of ether oxygens (including phenoxy) is 1. The molecule has 1 amide bonds. The first kappa shape index (κ1) is 19.1. The molecule has 1 aliphatic rings. The van der Waals surface area contributed by atoms with Gasteiger partial charge in [-0.2, -0.15) is 0 Å². The van der Waals surface area contributed by atoms with Gasteiger partial charge in [-0.3, -0.25) is 0 Å². The fourth-order valence-corrected chi connectivity index (χ4v) is 2.95. The van der Waals surface area contributed by atoms with Gasteiger partial charge in [0.15, 0.2) is 5.82 Å². The Hall–Kier alpha value is -1.20. The van der Waals surface area contributed by atoms with Crippen LogP contribution in [0.25, 0.3) is 0 Å². The molecule has 1 aromatic carbocycles. The Kier molecular flexibility index (Phi) is 6.21. The molecule has 24 heavy (non-hydrogen) atoms. The normalized spacial score (nSPS) is 18.4. The molecule has 1 atom stereocenters. The van der Waals surface area contributed by atoms with Crippen LogP contribution in [0.4, 0.5) is 14.9 Å². The van der Waals surface area contributed by atoms with Gasteiger partial charge in [0.25, 0.3) is 0 Å². The molecular weight excluding hydrogens is 354 g/mol. The van der Waals surface area contributed by atoms with Gasteiger partial charge < -0.3 is 15.0 Å². The van der Waals surface area contributed by atoms with Crippen molar-refractivity contribution in [3.63, 3.8) is 0 Å². The monoisotopic (exact) mass is 376 g/mol. The molecule has 1 unspecified atom stereocenters.